The van der Waals surface area contributed by atoms with Gasteiger partial charge in [-0.1, -0.05) is 32.0 Å². The molecule has 0 bridgehead atoms. The van der Waals surface area contributed by atoms with Crippen LogP contribution < -0.4 is 15.4 Å². The van der Waals surface area contributed by atoms with E-state index in [1.54, 1.807) is 7.11 Å². The standard InChI is InChI=1S/C21H37N3O3.HI/c1-5-21(6-2,12-14-25)17-24-20(22-7-3)23-13-15-27-16-18-10-8-9-11-19(18)26-4;/h8-11,25H,5-7,12-17H2,1-4H3,(H2,22,23,24);1H. The average Bonchev–Trinajstić information content (AvgIpc) is 2.71. The van der Waals surface area contributed by atoms with Crippen molar-refractivity contribution in [2.24, 2.45) is 10.4 Å². The molecule has 1 aromatic carbocycles. The van der Waals surface area contributed by atoms with Crippen molar-refractivity contribution in [3.8, 4) is 5.75 Å². The Morgan fingerprint density at radius 1 is 1.14 bits per heavy atom. The first-order valence-corrected chi connectivity index (χ1v) is 9.97. The van der Waals surface area contributed by atoms with Gasteiger partial charge in [0.2, 0.25) is 0 Å². The molecule has 0 saturated heterocycles. The first kappa shape index (κ1) is 26.9. The molecule has 0 saturated carbocycles. The van der Waals surface area contributed by atoms with Crippen LogP contribution in [0.3, 0.4) is 0 Å². The highest BCUT2D eigenvalue weighted by atomic mass is 127. The summed E-state index contributed by atoms with van der Waals surface area (Å²) >= 11 is 0. The van der Waals surface area contributed by atoms with Gasteiger partial charge in [-0.2, -0.15) is 0 Å². The molecule has 0 aromatic heterocycles. The van der Waals surface area contributed by atoms with Crippen LogP contribution in [0.2, 0.25) is 0 Å². The zero-order valence-electron chi connectivity index (χ0n) is 17.8. The lowest BCUT2D eigenvalue weighted by Gasteiger charge is -2.29. The van der Waals surface area contributed by atoms with E-state index in [4.69, 9.17) is 14.5 Å². The van der Waals surface area contributed by atoms with E-state index < -0.39 is 0 Å². The largest absolute Gasteiger partial charge is 0.496 e. The maximum Gasteiger partial charge on any atom is 0.191 e. The van der Waals surface area contributed by atoms with Crippen molar-refractivity contribution < 1.29 is 14.6 Å². The van der Waals surface area contributed by atoms with E-state index in [0.717, 1.165) is 43.1 Å². The Kier molecular flexibility index (Phi) is 15.2. The van der Waals surface area contributed by atoms with E-state index in [1.165, 1.54) is 0 Å². The number of benzene rings is 1. The number of nitrogens with one attached hydrogen (secondary N) is 2. The summed E-state index contributed by atoms with van der Waals surface area (Å²) in [4.78, 5) is 4.74. The van der Waals surface area contributed by atoms with Crippen LogP contribution in [0.5, 0.6) is 5.75 Å². The van der Waals surface area contributed by atoms with Gasteiger partial charge in [0.1, 0.15) is 5.75 Å². The fourth-order valence-electron chi connectivity index (χ4n) is 2.98. The molecule has 6 nitrogen and oxygen atoms in total. The molecule has 0 aliphatic rings. The van der Waals surface area contributed by atoms with E-state index >= 15 is 0 Å². The highest BCUT2D eigenvalue weighted by Gasteiger charge is 2.25. The van der Waals surface area contributed by atoms with Gasteiger partial charge in [0.05, 0.1) is 20.3 Å². The summed E-state index contributed by atoms with van der Waals surface area (Å²) < 4.78 is 11.1. The molecule has 0 unspecified atom stereocenters. The molecule has 7 heteroatoms. The van der Waals surface area contributed by atoms with Crippen LogP contribution in [0.1, 0.15) is 45.6 Å². The molecule has 0 aliphatic heterocycles. The Balaban J connectivity index is 0.00000729. The molecule has 0 fully saturated rings. The Morgan fingerprint density at radius 3 is 2.46 bits per heavy atom. The second kappa shape index (κ2) is 15.8. The van der Waals surface area contributed by atoms with Crippen molar-refractivity contribution in [1.29, 1.82) is 0 Å². The van der Waals surface area contributed by atoms with Gasteiger partial charge in [0, 0.05) is 31.8 Å². The monoisotopic (exact) mass is 507 g/mol. The smallest absolute Gasteiger partial charge is 0.191 e. The first-order chi connectivity index (χ1) is 13.1. The molecular weight excluding hydrogens is 469 g/mol. The number of rotatable bonds is 13. The Morgan fingerprint density at radius 2 is 1.86 bits per heavy atom. The minimum Gasteiger partial charge on any atom is -0.496 e. The molecule has 0 aliphatic carbocycles. The number of halogens is 1. The number of aliphatic hydroxyl groups is 1. The fraction of sp³-hybridized carbons (Fsp3) is 0.667. The molecular formula is C21H38IN3O3. The number of hydrogen-bond acceptors (Lipinski definition) is 4. The van der Waals surface area contributed by atoms with Crippen molar-refractivity contribution in [3.63, 3.8) is 0 Å². The van der Waals surface area contributed by atoms with Gasteiger partial charge in [-0.15, -0.1) is 24.0 Å². The minimum atomic E-state index is 0. The van der Waals surface area contributed by atoms with Crippen molar-refractivity contribution in [2.75, 3.05) is 40.0 Å². The van der Waals surface area contributed by atoms with Gasteiger partial charge >= 0.3 is 0 Å². The summed E-state index contributed by atoms with van der Waals surface area (Å²) in [5, 5.41) is 16.0. The van der Waals surface area contributed by atoms with E-state index in [-0.39, 0.29) is 36.0 Å². The van der Waals surface area contributed by atoms with Gasteiger partial charge < -0.3 is 25.2 Å². The number of aliphatic hydroxyl groups excluding tert-OH is 1. The molecule has 1 rings (SSSR count). The highest BCUT2D eigenvalue weighted by Crippen LogP contribution is 2.30. The first-order valence-electron chi connectivity index (χ1n) is 9.97. The summed E-state index contributed by atoms with van der Waals surface area (Å²) in [6, 6.07) is 7.88. The van der Waals surface area contributed by atoms with Crippen LogP contribution in [-0.2, 0) is 11.3 Å². The van der Waals surface area contributed by atoms with Gasteiger partial charge in [-0.3, -0.25) is 4.99 Å². The van der Waals surface area contributed by atoms with E-state index in [9.17, 15) is 5.11 Å². The van der Waals surface area contributed by atoms with E-state index in [2.05, 4.69) is 31.4 Å². The topological polar surface area (TPSA) is 75.1 Å². The van der Waals surface area contributed by atoms with Crippen molar-refractivity contribution >= 4 is 29.9 Å². The van der Waals surface area contributed by atoms with Crippen LogP contribution in [-0.4, -0.2) is 51.0 Å². The third-order valence-corrected chi connectivity index (χ3v) is 5.05. The quantitative estimate of drug-likeness (QED) is 0.165. The molecule has 0 heterocycles. The number of methoxy groups -OCH3 is 1. The maximum atomic E-state index is 9.36. The zero-order chi connectivity index (χ0) is 20.0. The Labute approximate surface area is 187 Å². The normalized spacial score (nSPS) is 11.7. The lowest BCUT2D eigenvalue weighted by Crippen LogP contribution is -2.40. The molecule has 162 valence electrons. The van der Waals surface area contributed by atoms with Crippen LogP contribution in [0.25, 0.3) is 0 Å². The predicted molar refractivity (Wildman–Crippen MR) is 127 cm³/mol. The van der Waals surface area contributed by atoms with Crippen molar-refractivity contribution in [1.82, 2.24) is 10.6 Å². The number of guanidine groups is 1. The molecule has 0 radical (unpaired) electrons. The van der Waals surface area contributed by atoms with Crippen LogP contribution >= 0.6 is 24.0 Å². The van der Waals surface area contributed by atoms with Gasteiger partial charge in [0.25, 0.3) is 0 Å². The molecule has 0 spiro atoms. The summed E-state index contributed by atoms with van der Waals surface area (Å²) in [5.41, 5.74) is 1.11. The summed E-state index contributed by atoms with van der Waals surface area (Å²) in [6.45, 7) is 9.87. The Hall–Kier alpha value is -1.06. The second-order valence-electron chi connectivity index (χ2n) is 6.67. The van der Waals surface area contributed by atoms with Crippen molar-refractivity contribution in [3.05, 3.63) is 29.8 Å². The fourth-order valence-corrected chi connectivity index (χ4v) is 2.98. The number of para-hydroxylation sites is 1. The zero-order valence-corrected chi connectivity index (χ0v) is 20.1. The summed E-state index contributed by atoms with van der Waals surface area (Å²) in [5.74, 6) is 1.64. The number of aliphatic imine (C=N–C) groups is 1. The third-order valence-electron chi connectivity index (χ3n) is 5.05. The SMILES string of the molecule is CCNC(=NCC(CC)(CC)CCO)NCCOCc1ccccc1OC.I. The lowest BCUT2D eigenvalue weighted by atomic mass is 9.79. The van der Waals surface area contributed by atoms with Gasteiger partial charge in [-0.25, -0.2) is 0 Å². The second-order valence-corrected chi connectivity index (χ2v) is 6.67. The number of hydrogen-bond donors (Lipinski definition) is 3. The van der Waals surface area contributed by atoms with Crippen LogP contribution in [0, 0.1) is 5.41 Å². The number of nitrogens with zero attached hydrogens (tertiary/aromatic N) is 1. The average molecular weight is 507 g/mol. The maximum absolute atomic E-state index is 9.36. The van der Waals surface area contributed by atoms with E-state index in [0.29, 0.717) is 26.3 Å². The number of ether oxygens (including phenoxy) is 2. The van der Waals surface area contributed by atoms with Crippen LogP contribution in [0.15, 0.2) is 29.3 Å². The highest BCUT2D eigenvalue weighted by molar-refractivity contribution is 14.0. The van der Waals surface area contributed by atoms with Crippen molar-refractivity contribution in [2.45, 2.75) is 46.6 Å². The minimum absolute atomic E-state index is 0. The van der Waals surface area contributed by atoms with Crippen LogP contribution in [0.4, 0.5) is 0 Å². The van der Waals surface area contributed by atoms with Gasteiger partial charge in [-0.05, 0) is 37.7 Å². The molecule has 0 atom stereocenters. The lowest BCUT2D eigenvalue weighted by molar-refractivity contribution is 0.123. The summed E-state index contributed by atoms with van der Waals surface area (Å²) in [6.07, 6.45) is 2.80. The molecule has 1 aromatic rings. The third kappa shape index (κ3) is 9.43. The molecule has 28 heavy (non-hydrogen) atoms. The molecule has 0 amide bonds. The van der Waals surface area contributed by atoms with E-state index in [1.807, 2.05) is 24.3 Å². The summed E-state index contributed by atoms with van der Waals surface area (Å²) in [7, 11) is 1.67. The molecule has 3 N–H and O–H groups in total. The van der Waals surface area contributed by atoms with Gasteiger partial charge in [0.15, 0.2) is 5.96 Å². The Bertz CT molecular complexity index is 551. The predicted octanol–water partition coefficient (Wildman–Crippen LogP) is 3.57.